The number of aryl methyl sites for hydroxylation is 1. The molecule has 1 saturated heterocycles. The van der Waals surface area contributed by atoms with E-state index in [2.05, 4.69) is 49.9 Å². The number of aliphatic hydroxyl groups is 1. The number of hydrogen-bond donors (Lipinski definition) is 1. The molecule has 0 aliphatic carbocycles. The zero-order valence-corrected chi connectivity index (χ0v) is 13.2. The summed E-state index contributed by atoms with van der Waals surface area (Å²) in [6.45, 7) is 9.83. The van der Waals surface area contributed by atoms with Crippen LogP contribution in [0.3, 0.4) is 0 Å². The minimum atomic E-state index is -0.358. The van der Waals surface area contributed by atoms with Crippen LogP contribution in [0.1, 0.15) is 50.8 Å². The number of likely N-dealkylation sites (tertiary alicyclic amines) is 1. The molecular formula is C18H29NO. The molecule has 1 aliphatic rings. The fraction of sp³-hybridized carbons (Fsp3) is 0.667. The van der Waals surface area contributed by atoms with E-state index in [1.54, 1.807) is 0 Å². The molecule has 0 spiro atoms. The van der Waals surface area contributed by atoms with Crippen molar-refractivity contribution in [1.29, 1.82) is 0 Å². The van der Waals surface area contributed by atoms with E-state index >= 15 is 0 Å². The third-order valence-electron chi connectivity index (χ3n) is 4.28. The van der Waals surface area contributed by atoms with Crippen LogP contribution in [0.2, 0.25) is 0 Å². The molecule has 2 rings (SSSR count). The maximum Gasteiger partial charge on any atom is 0.0916 e. The van der Waals surface area contributed by atoms with E-state index in [1.165, 1.54) is 18.4 Å². The molecule has 0 saturated carbocycles. The maximum absolute atomic E-state index is 10.4. The van der Waals surface area contributed by atoms with Gasteiger partial charge in [-0.1, -0.05) is 51.5 Å². The summed E-state index contributed by atoms with van der Waals surface area (Å²) >= 11 is 0. The Morgan fingerprint density at radius 1 is 1.15 bits per heavy atom. The van der Waals surface area contributed by atoms with Crippen LogP contribution in [-0.2, 0) is 6.42 Å². The first-order valence-electron chi connectivity index (χ1n) is 8.07. The van der Waals surface area contributed by atoms with Crippen molar-refractivity contribution in [3.05, 3.63) is 35.4 Å². The molecule has 1 fully saturated rings. The molecule has 3 atom stereocenters. The van der Waals surface area contributed by atoms with E-state index in [4.69, 9.17) is 0 Å². The van der Waals surface area contributed by atoms with Crippen LogP contribution in [-0.4, -0.2) is 29.6 Å². The van der Waals surface area contributed by atoms with Crippen molar-refractivity contribution < 1.29 is 5.11 Å². The SMILES string of the molecule is CCCc1ccc(C(O)CN2CC(C)CC(C)C2)cc1. The first kappa shape index (κ1) is 15.5. The summed E-state index contributed by atoms with van der Waals surface area (Å²) in [7, 11) is 0. The Balaban J connectivity index is 1.92. The van der Waals surface area contributed by atoms with Crippen LogP contribution in [0.5, 0.6) is 0 Å². The van der Waals surface area contributed by atoms with E-state index in [1.807, 2.05) is 0 Å². The van der Waals surface area contributed by atoms with Gasteiger partial charge in [-0.2, -0.15) is 0 Å². The zero-order valence-electron chi connectivity index (χ0n) is 13.2. The molecule has 1 aromatic carbocycles. The summed E-state index contributed by atoms with van der Waals surface area (Å²) in [6.07, 6.45) is 3.25. The van der Waals surface area contributed by atoms with Crippen molar-refractivity contribution in [3.8, 4) is 0 Å². The van der Waals surface area contributed by atoms with Gasteiger partial charge in [0.05, 0.1) is 6.10 Å². The van der Waals surface area contributed by atoms with Gasteiger partial charge < -0.3 is 5.11 Å². The van der Waals surface area contributed by atoms with E-state index in [9.17, 15) is 5.11 Å². The smallest absolute Gasteiger partial charge is 0.0916 e. The fourth-order valence-corrected chi connectivity index (χ4v) is 3.49. The average molecular weight is 275 g/mol. The third-order valence-corrected chi connectivity index (χ3v) is 4.28. The van der Waals surface area contributed by atoms with E-state index < -0.39 is 0 Å². The Hall–Kier alpha value is -0.860. The molecule has 20 heavy (non-hydrogen) atoms. The van der Waals surface area contributed by atoms with E-state index in [0.717, 1.165) is 43.5 Å². The average Bonchev–Trinajstić information content (AvgIpc) is 2.38. The van der Waals surface area contributed by atoms with Crippen LogP contribution >= 0.6 is 0 Å². The molecule has 1 aromatic rings. The quantitative estimate of drug-likeness (QED) is 0.886. The molecule has 1 heterocycles. The zero-order chi connectivity index (χ0) is 14.5. The second-order valence-corrected chi connectivity index (χ2v) is 6.67. The van der Waals surface area contributed by atoms with Crippen LogP contribution < -0.4 is 0 Å². The van der Waals surface area contributed by atoms with Crippen molar-refractivity contribution >= 4 is 0 Å². The Morgan fingerprint density at radius 2 is 1.75 bits per heavy atom. The Morgan fingerprint density at radius 3 is 2.30 bits per heavy atom. The van der Waals surface area contributed by atoms with Gasteiger partial charge in [-0.15, -0.1) is 0 Å². The van der Waals surface area contributed by atoms with Crippen molar-refractivity contribution in [1.82, 2.24) is 4.90 Å². The van der Waals surface area contributed by atoms with Crippen LogP contribution in [0, 0.1) is 11.8 Å². The first-order valence-corrected chi connectivity index (χ1v) is 8.07. The van der Waals surface area contributed by atoms with Gasteiger partial charge in [0.25, 0.3) is 0 Å². The molecule has 0 aromatic heterocycles. The molecule has 1 N–H and O–H groups in total. The lowest BCUT2D eigenvalue weighted by molar-refractivity contribution is 0.0699. The molecule has 0 radical (unpaired) electrons. The second kappa shape index (κ2) is 7.24. The summed E-state index contributed by atoms with van der Waals surface area (Å²) < 4.78 is 0. The Kier molecular flexibility index (Phi) is 5.62. The monoisotopic (exact) mass is 275 g/mol. The number of hydrogen-bond acceptors (Lipinski definition) is 2. The molecule has 1 aliphatic heterocycles. The van der Waals surface area contributed by atoms with Crippen molar-refractivity contribution in [2.45, 2.75) is 46.1 Å². The summed E-state index contributed by atoms with van der Waals surface area (Å²) in [5, 5.41) is 10.4. The molecule has 2 nitrogen and oxygen atoms in total. The van der Waals surface area contributed by atoms with Gasteiger partial charge in [0.1, 0.15) is 0 Å². The van der Waals surface area contributed by atoms with Gasteiger partial charge in [0, 0.05) is 19.6 Å². The second-order valence-electron chi connectivity index (χ2n) is 6.67. The molecule has 2 heteroatoms. The number of benzene rings is 1. The topological polar surface area (TPSA) is 23.5 Å². The third kappa shape index (κ3) is 4.32. The first-order chi connectivity index (χ1) is 9.58. The number of β-amino-alcohol motifs (C(OH)–C–C–N with tert-alkyl or cyclic N) is 1. The number of nitrogens with zero attached hydrogens (tertiary/aromatic N) is 1. The normalized spacial score (nSPS) is 25.6. The van der Waals surface area contributed by atoms with Gasteiger partial charge in [0.15, 0.2) is 0 Å². The highest BCUT2D eigenvalue weighted by molar-refractivity contribution is 5.24. The van der Waals surface area contributed by atoms with Crippen molar-refractivity contribution in [3.63, 3.8) is 0 Å². The standard InChI is InChI=1S/C18H29NO/c1-4-5-16-6-8-17(9-7-16)18(20)13-19-11-14(2)10-15(3)12-19/h6-9,14-15,18,20H,4-5,10-13H2,1-3H3. The highest BCUT2D eigenvalue weighted by atomic mass is 16.3. The summed E-state index contributed by atoms with van der Waals surface area (Å²) in [6, 6.07) is 8.49. The molecule has 112 valence electrons. The minimum absolute atomic E-state index is 0.358. The van der Waals surface area contributed by atoms with Gasteiger partial charge in [-0.25, -0.2) is 0 Å². The van der Waals surface area contributed by atoms with Crippen molar-refractivity contribution in [2.24, 2.45) is 11.8 Å². The van der Waals surface area contributed by atoms with Crippen molar-refractivity contribution in [2.75, 3.05) is 19.6 Å². The molecular weight excluding hydrogens is 246 g/mol. The largest absolute Gasteiger partial charge is 0.387 e. The molecule has 3 unspecified atom stereocenters. The maximum atomic E-state index is 10.4. The predicted octanol–water partition coefficient (Wildman–Crippen LogP) is 3.65. The van der Waals surface area contributed by atoms with E-state index in [-0.39, 0.29) is 6.10 Å². The highest BCUT2D eigenvalue weighted by Crippen LogP contribution is 2.23. The summed E-state index contributed by atoms with van der Waals surface area (Å²) in [5.41, 5.74) is 2.42. The predicted molar refractivity (Wildman–Crippen MR) is 84.8 cm³/mol. The minimum Gasteiger partial charge on any atom is -0.387 e. The lowest BCUT2D eigenvalue weighted by Crippen LogP contribution is -2.40. The van der Waals surface area contributed by atoms with Gasteiger partial charge >= 0.3 is 0 Å². The summed E-state index contributed by atoms with van der Waals surface area (Å²) in [5.74, 6) is 1.50. The highest BCUT2D eigenvalue weighted by Gasteiger charge is 2.23. The van der Waals surface area contributed by atoms with Gasteiger partial charge in [0.2, 0.25) is 0 Å². The Labute approximate surface area is 123 Å². The number of rotatable bonds is 5. The van der Waals surface area contributed by atoms with E-state index in [0.29, 0.717) is 0 Å². The summed E-state index contributed by atoms with van der Waals surface area (Å²) in [4.78, 5) is 2.42. The van der Waals surface area contributed by atoms with Crippen LogP contribution in [0.15, 0.2) is 24.3 Å². The van der Waals surface area contributed by atoms with Gasteiger partial charge in [-0.05, 0) is 35.8 Å². The number of piperidine rings is 1. The Bertz CT molecular complexity index is 390. The van der Waals surface area contributed by atoms with Crippen LogP contribution in [0.25, 0.3) is 0 Å². The lowest BCUT2D eigenvalue weighted by Gasteiger charge is -2.36. The number of aliphatic hydroxyl groups excluding tert-OH is 1. The molecule has 0 bridgehead atoms. The lowest BCUT2D eigenvalue weighted by atomic mass is 9.91. The fourth-order valence-electron chi connectivity index (χ4n) is 3.49. The van der Waals surface area contributed by atoms with Gasteiger partial charge in [-0.3, -0.25) is 4.90 Å². The molecule has 0 amide bonds. The van der Waals surface area contributed by atoms with Crippen LogP contribution in [0.4, 0.5) is 0 Å².